The quantitative estimate of drug-likeness (QED) is 0.440. The average Bonchev–Trinajstić information content (AvgIpc) is 2.10. The van der Waals surface area contributed by atoms with Crippen molar-refractivity contribution in [1.29, 1.82) is 0 Å². The fourth-order valence-electron chi connectivity index (χ4n) is 0.859. The fourth-order valence-corrected chi connectivity index (χ4v) is 0.859. The van der Waals surface area contributed by atoms with Gasteiger partial charge in [-0.3, -0.25) is 14.4 Å². The molecule has 0 saturated heterocycles. The van der Waals surface area contributed by atoms with Crippen molar-refractivity contribution in [2.75, 3.05) is 0 Å². The van der Waals surface area contributed by atoms with E-state index < -0.39 is 0 Å². The molecule has 0 aliphatic rings. The smallest absolute Gasteiger partial charge is 0.876 e. The summed E-state index contributed by atoms with van der Waals surface area (Å²) in [5, 5.41) is 29.9. The van der Waals surface area contributed by atoms with Gasteiger partial charge in [-0.1, -0.05) is 20.8 Å². The van der Waals surface area contributed by atoms with Crippen LogP contribution in [-0.2, 0) is 14.4 Å². The van der Waals surface area contributed by atoms with Gasteiger partial charge in [-0.15, -0.1) is 17.3 Å². The topological polar surface area (TPSA) is 120 Å². The largest absolute Gasteiger partial charge is 3.00 e. The van der Waals surface area contributed by atoms with Gasteiger partial charge in [0.15, 0.2) is 17.3 Å². The summed E-state index contributed by atoms with van der Waals surface area (Å²) in [5.41, 5.74) is 0. The number of rotatable bonds is 3. The monoisotopic (exact) mass is 412 g/mol. The van der Waals surface area contributed by atoms with Crippen LogP contribution in [0.25, 0.3) is 0 Å². The van der Waals surface area contributed by atoms with Gasteiger partial charge in [-0.05, 0) is 39.0 Å². The van der Waals surface area contributed by atoms with Crippen LogP contribution in [0.2, 0.25) is 0 Å². The minimum Gasteiger partial charge on any atom is -0.876 e. The van der Waals surface area contributed by atoms with E-state index in [1.165, 1.54) is 41.5 Å². The van der Waals surface area contributed by atoms with Gasteiger partial charge in [-0.2, -0.15) is 0 Å². The number of carbonyl (C=O) groups excluding carboxylic acids is 3. The third-order valence-electron chi connectivity index (χ3n) is 1.22. The van der Waals surface area contributed by atoms with Crippen molar-refractivity contribution in [1.82, 2.24) is 0 Å². The second-order valence-corrected chi connectivity index (χ2v) is 4.10. The van der Waals surface area contributed by atoms with Crippen LogP contribution in [0.15, 0.2) is 35.5 Å². The summed E-state index contributed by atoms with van der Waals surface area (Å²) >= 11 is 0. The molecule has 0 aromatic heterocycles. The SMILES string of the molecule is CC(=O)C=C(C)[O-].CC(=O)C=C(C)[O-].CC(=O)C=C(C)[O-].[In+3]. The second kappa shape index (κ2) is 17.6. The van der Waals surface area contributed by atoms with Crippen molar-refractivity contribution in [3.8, 4) is 0 Å². The Kier molecular flexibility index (Phi) is 22.8. The molecule has 0 radical (unpaired) electrons. The Morgan fingerprint density at radius 2 is 0.682 bits per heavy atom. The zero-order chi connectivity index (χ0) is 17.6. The molecule has 0 aromatic carbocycles. The van der Waals surface area contributed by atoms with Gasteiger partial charge < -0.3 is 15.3 Å². The summed E-state index contributed by atoms with van der Waals surface area (Å²) in [6.07, 6.45) is 3.17. The molecule has 0 amide bonds. The molecule has 0 spiro atoms. The standard InChI is InChI=1S/3C5H8O2.In/c3*1-4(6)3-5(2)7;/h3*3,6H,1-2H3;/q;;;+3/p-3. The molecular weight excluding hydrogens is 391 g/mol. The Morgan fingerprint density at radius 3 is 0.682 bits per heavy atom. The predicted octanol–water partition coefficient (Wildman–Crippen LogP) is -0.862. The van der Waals surface area contributed by atoms with Crippen molar-refractivity contribution < 1.29 is 29.7 Å². The zero-order valence-electron chi connectivity index (χ0n) is 13.8. The normalized spacial score (nSPS) is 10.9. The predicted molar refractivity (Wildman–Crippen MR) is 79.1 cm³/mol. The Labute approximate surface area is 150 Å². The Balaban J connectivity index is -0.000000108. The van der Waals surface area contributed by atoms with Gasteiger partial charge in [0, 0.05) is 0 Å². The number of allylic oxidation sites excluding steroid dienone is 6. The molecular formula is C15H21InO6. The van der Waals surface area contributed by atoms with Gasteiger partial charge in [0.1, 0.15) is 0 Å². The van der Waals surface area contributed by atoms with Crippen LogP contribution >= 0.6 is 0 Å². The van der Waals surface area contributed by atoms with Crippen LogP contribution in [0, 0.1) is 0 Å². The van der Waals surface area contributed by atoms with E-state index in [-0.39, 0.29) is 60.5 Å². The second-order valence-electron chi connectivity index (χ2n) is 4.10. The van der Waals surface area contributed by atoms with E-state index in [1.54, 1.807) is 0 Å². The minimum atomic E-state index is -0.187. The summed E-state index contributed by atoms with van der Waals surface area (Å²) in [6, 6.07) is 0. The molecule has 0 bridgehead atoms. The van der Waals surface area contributed by atoms with Gasteiger partial charge >= 0.3 is 25.8 Å². The maximum atomic E-state index is 9.98. The number of carbonyl (C=O) groups is 3. The number of hydrogen-bond acceptors (Lipinski definition) is 6. The zero-order valence-corrected chi connectivity index (χ0v) is 17.1. The van der Waals surface area contributed by atoms with Crippen LogP contribution < -0.4 is 15.3 Å². The molecule has 0 fully saturated rings. The van der Waals surface area contributed by atoms with Gasteiger partial charge in [-0.25, -0.2) is 0 Å². The molecule has 7 heteroatoms. The van der Waals surface area contributed by atoms with E-state index in [1.807, 2.05) is 0 Å². The summed E-state index contributed by atoms with van der Waals surface area (Å²) in [4.78, 5) is 29.9. The molecule has 120 valence electrons. The van der Waals surface area contributed by atoms with Crippen molar-refractivity contribution in [2.45, 2.75) is 41.5 Å². The first-order chi connectivity index (χ1) is 9.38. The third-order valence-corrected chi connectivity index (χ3v) is 1.22. The molecule has 0 saturated carbocycles. The molecule has 22 heavy (non-hydrogen) atoms. The average molecular weight is 412 g/mol. The molecule has 0 atom stereocenters. The van der Waals surface area contributed by atoms with Crippen LogP contribution in [0.4, 0.5) is 0 Å². The van der Waals surface area contributed by atoms with Crippen molar-refractivity contribution >= 4 is 43.2 Å². The maximum absolute atomic E-state index is 9.98. The van der Waals surface area contributed by atoms with E-state index >= 15 is 0 Å². The molecule has 0 unspecified atom stereocenters. The van der Waals surface area contributed by atoms with Crippen LogP contribution in [-0.4, -0.2) is 43.2 Å². The van der Waals surface area contributed by atoms with E-state index in [2.05, 4.69) is 0 Å². The molecule has 0 N–H and O–H groups in total. The van der Waals surface area contributed by atoms with E-state index in [0.29, 0.717) is 0 Å². The van der Waals surface area contributed by atoms with Crippen molar-refractivity contribution in [3.05, 3.63) is 35.5 Å². The summed E-state index contributed by atoms with van der Waals surface area (Å²) in [7, 11) is 0. The van der Waals surface area contributed by atoms with Crippen LogP contribution in [0.3, 0.4) is 0 Å². The van der Waals surface area contributed by atoms with E-state index in [0.717, 1.165) is 18.2 Å². The minimum absolute atomic E-state index is 0. The molecule has 6 nitrogen and oxygen atoms in total. The van der Waals surface area contributed by atoms with Gasteiger partial charge in [0.2, 0.25) is 0 Å². The Bertz CT molecular complexity index is 368. The summed E-state index contributed by atoms with van der Waals surface area (Å²) in [5.74, 6) is -1.12. The molecule has 0 rings (SSSR count). The summed E-state index contributed by atoms with van der Waals surface area (Å²) < 4.78 is 0. The van der Waals surface area contributed by atoms with Gasteiger partial charge in [0.25, 0.3) is 0 Å². The van der Waals surface area contributed by atoms with E-state index in [9.17, 15) is 29.7 Å². The van der Waals surface area contributed by atoms with Crippen LogP contribution in [0.1, 0.15) is 41.5 Å². The van der Waals surface area contributed by atoms with Crippen molar-refractivity contribution in [3.63, 3.8) is 0 Å². The van der Waals surface area contributed by atoms with Gasteiger partial charge in [0.05, 0.1) is 0 Å². The molecule has 0 aromatic rings. The first-order valence-electron chi connectivity index (χ1n) is 5.96. The Hall–Kier alpha value is -1.50. The maximum Gasteiger partial charge on any atom is 3.00 e. The van der Waals surface area contributed by atoms with E-state index in [4.69, 9.17) is 0 Å². The Morgan fingerprint density at radius 1 is 0.545 bits per heavy atom. The summed E-state index contributed by atoms with van der Waals surface area (Å²) in [6.45, 7) is 8.09. The first-order valence-corrected chi connectivity index (χ1v) is 5.96. The first kappa shape index (κ1) is 28.6. The van der Waals surface area contributed by atoms with Crippen LogP contribution in [0.5, 0.6) is 0 Å². The number of hydrogen-bond donors (Lipinski definition) is 0. The number of ketones is 3. The third kappa shape index (κ3) is 51.4. The molecule has 0 heterocycles. The fraction of sp³-hybridized carbons (Fsp3) is 0.400. The molecule has 0 aliphatic heterocycles. The molecule has 0 aliphatic carbocycles. The van der Waals surface area contributed by atoms with Crippen molar-refractivity contribution in [2.24, 2.45) is 0 Å².